The van der Waals surface area contributed by atoms with E-state index in [9.17, 15) is 4.79 Å². The van der Waals surface area contributed by atoms with E-state index in [0.29, 0.717) is 0 Å². The van der Waals surface area contributed by atoms with Gasteiger partial charge in [-0.05, 0) is 6.42 Å². The van der Waals surface area contributed by atoms with Gasteiger partial charge in [-0.2, -0.15) is 0 Å². The topological polar surface area (TPSA) is 29.1 Å². The fourth-order valence-electron chi connectivity index (χ4n) is 1.45. The van der Waals surface area contributed by atoms with Crippen molar-refractivity contribution in [3.8, 4) is 0 Å². The molecule has 3 heteroatoms. The van der Waals surface area contributed by atoms with Crippen molar-refractivity contribution in [3.05, 3.63) is 0 Å². The largest absolute Gasteiger partial charge is 0.347 e. The number of nitrogens with one attached hydrogen (secondary N) is 1. The van der Waals surface area contributed by atoms with Gasteiger partial charge in [-0.15, -0.1) is 0 Å². The van der Waals surface area contributed by atoms with Gasteiger partial charge in [0.1, 0.15) is 0 Å². The van der Waals surface area contributed by atoms with Crippen molar-refractivity contribution >= 4 is 20.7 Å². The van der Waals surface area contributed by atoms with Crippen LogP contribution in [0, 0.1) is 0 Å². The van der Waals surface area contributed by atoms with Crippen LogP contribution < -0.4 is 5.32 Å². The molecule has 0 fully saturated rings. The minimum absolute atomic E-state index is 0.0968. The van der Waals surface area contributed by atoms with E-state index >= 15 is 0 Å². The van der Waals surface area contributed by atoms with E-state index in [1.807, 2.05) is 0 Å². The Balaban J connectivity index is 2.88. The van der Waals surface area contributed by atoms with Gasteiger partial charge in [-0.3, -0.25) is 4.79 Å². The molecule has 0 aliphatic carbocycles. The van der Waals surface area contributed by atoms with Crippen LogP contribution >= 0.6 is 15.9 Å². The Morgan fingerprint density at radius 1 is 1.00 bits per heavy atom. The molecule has 0 saturated heterocycles. The second kappa shape index (κ2) is 11.0. The highest BCUT2D eigenvalue weighted by Gasteiger charge is 1.93. The average molecular weight is 264 g/mol. The maximum absolute atomic E-state index is 10.5. The van der Waals surface area contributed by atoms with Crippen molar-refractivity contribution < 1.29 is 4.79 Å². The quantitative estimate of drug-likeness (QED) is 0.377. The molecule has 0 radical (unpaired) electrons. The molecule has 0 bridgehead atoms. The number of halogens is 1. The van der Waals surface area contributed by atoms with Gasteiger partial charge < -0.3 is 5.32 Å². The van der Waals surface area contributed by atoms with Gasteiger partial charge in [-0.25, -0.2) is 0 Å². The zero-order valence-electron chi connectivity index (χ0n) is 9.15. The highest BCUT2D eigenvalue weighted by Crippen LogP contribution is 2.07. The number of amides is 1. The second-order valence-corrected chi connectivity index (χ2v) is 4.40. The lowest BCUT2D eigenvalue weighted by atomic mass is 10.1. The first kappa shape index (κ1) is 13.9. The lowest BCUT2D eigenvalue weighted by Crippen LogP contribution is -2.16. The molecule has 0 spiro atoms. The average Bonchev–Trinajstić information content (AvgIpc) is 2.15. The molecule has 0 atom stereocenters. The van der Waals surface area contributed by atoms with Crippen LogP contribution in [0.2, 0.25) is 0 Å². The van der Waals surface area contributed by atoms with Gasteiger partial charge in [0.05, 0.1) is 0 Å². The molecule has 2 nitrogen and oxygen atoms in total. The van der Waals surface area contributed by atoms with Crippen LogP contribution in [0.15, 0.2) is 0 Å². The summed E-state index contributed by atoms with van der Waals surface area (Å²) in [5.74, 6) is 0. The molecular formula is C11H22BrNO. The summed E-state index contributed by atoms with van der Waals surface area (Å²) in [7, 11) is 0. The fraction of sp³-hybridized carbons (Fsp3) is 0.909. The first-order valence-electron chi connectivity index (χ1n) is 5.70. The zero-order chi connectivity index (χ0) is 10.6. The van der Waals surface area contributed by atoms with Gasteiger partial charge in [0.15, 0.2) is 0 Å². The number of hydrogen-bond acceptors (Lipinski definition) is 1. The lowest BCUT2D eigenvalue weighted by molar-refractivity contribution is 0.261. The molecule has 1 amide bonds. The highest BCUT2D eigenvalue weighted by atomic mass is 79.9. The van der Waals surface area contributed by atoms with Crippen molar-refractivity contribution in [1.29, 1.82) is 0 Å². The summed E-state index contributed by atoms with van der Waals surface area (Å²) in [6, 6.07) is 0. The Morgan fingerprint density at radius 3 is 2.00 bits per heavy atom. The molecule has 0 aromatic carbocycles. The Hall–Kier alpha value is -0.0500. The van der Waals surface area contributed by atoms with Gasteiger partial charge in [0.2, 0.25) is 0 Å². The van der Waals surface area contributed by atoms with Crippen molar-refractivity contribution in [2.75, 3.05) is 6.54 Å². The van der Waals surface area contributed by atoms with Crippen LogP contribution in [0.4, 0.5) is 4.79 Å². The molecule has 0 aliphatic rings. The van der Waals surface area contributed by atoms with Gasteiger partial charge in [-0.1, -0.05) is 51.9 Å². The number of unbranched alkanes of at least 4 members (excludes halogenated alkanes) is 7. The molecule has 0 unspecified atom stereocenters. The third-order valence-corrected chi connectivity index (χ3v) is 2.57. The number of hydrogen-bond donors (Lipinski definition) is 1. The predicted molar refractivity (Wildman–Crippen MR) is 64.9 cm³/mol. The normalized spacial score (nSPS) is 10.1. The van der Waals surface area contributed by atoms with Crippen LogP contribution in [0.5, 0.6) is 0 Å². The Morgan fingerprint density at radius 2 is 1.50 bits per heavy atom. The number of rotatable bonds is 9. The fourth-order valence-corrected chi connectivity index (χ4v) is 1.64. The third kappa shape index (κ3) is 11.9. The summed E-state index contributed by atoms with van der Waals surface area (Å²) in [5.41, 5.74) is 0. The predicted octanol–water partition coefficient (Wildman–Crippen LogP) is 4.23. The van der Waals surface area contributed by atoms with Crippen molar-refractivity contribution in [2.24, 2.45) is 0 Å². The van der Waals surface area contributed by atoms with Crippen LogP contribution in [0.3, 0.4) is 0 Å². The molecule has 0 aromatic heterocycles. The van der Waals surface area contributed by atoms with Crippen LogP contribution in [-0.2, 0) is 0 Å². The summed E-state index contributed by atoms with van der Waals surface area (Å²) >= 11 is 2.84. The highest BCUT2D eigenvalue weighted by molar-refractivity contribution is 9.18. The Labute approximate surface area is 96.0 Å². The van der Waals surface area contributed by atoms with Gasteiger partial charge in [0.25, 0.3) is 4.82 Å². The molecule has 84 valence electrons. The van der Waals surface area contributed by atoms with Crippen LogP contribution in [0.1, 0.15) is 58.3 Å². The van der Waals surface area contributed by atoms with Crippen LogP contribution in [0.25, 0.3) is 0 Å². The van der Waals surface area contributed by atoms with Crippen molar-refractivity contribution in [2.45, 2.75) is 58.3 Å². The monoisotopic (exact) mass is 263 g/mol. The molecular weight excluding hydrogens is 242 g/mol. The van der Waals surface area contributed by atoms with Crippen molar-refractivity contribution in [3.63, 3.8) is 0 Å². The van der Waals surface area contributed by atoms with E-state index in [2.05, 4.69) is 28.2 Å². The van der Waals surface area contributed by atoms with E-state index in [1.165, 1.54) is 44.9 Å². The molecule has 14 heavy (non-hydrogen) atoms. The maximum Gasteiger partial charge on any atom is 0.287 e. The van der Waals surface area contributed by atoms with Gasteiger partial charge >= 0.3 is 0 Å². The van der Waals surface area contributed by atoms with Gasteiger partial charge in [0, 0.05) is 22.5 Å². The minimum Gasteiger partial charge on any atom is -0.347 e. The summed E-state index contributed by atoms with van der Waals surface area (Å²) in [6.45, 7) is 3.04. The second-order valence-electron chi connectivity index (χ2n) is 3.68. The summed E-state index contributed by atoms with van der Waals surface area (Å²) in [5, 5.41) is 2.73. The van der Waals surface area contributed by atoms with E-state index in [4.69, 9.17) is 0 Å². The van der Waals surface area contributed by atoms with E-state index < -0.39 is 0 Å². The van der Waals surface area contributed by atoms with Crippen molar-refractivity contribution in [1.82, 2.24) is 5.32 Å². The van der Waals surface area contributed by atoms with E-state index in [-0.39, 0.29) is 4.82 Å². The summed E-state index contributed by atoms with van der Waals surface area (Å²) < 4.78 is 0. The van der Waals surface area contributed by atoms with E-state index in [1.54, 1.807) is 0 Å². The summed E-state index contributed by atoms with van der Waals surface area (Å²) in [4.78, 5) is 10.4. The van der Waals surface area contributed by atoms with E-state index in [0.717, 1.165) is 13.0 Å². The number of carbonyl (C=O) groups is 1. The smallest absolute Gasteiger partial charge is 0.287 e. The molecule has 0 aliphatic heterocycles. The first-order chi connectivity index (χ1) is 6.77. The Bertz CT molecular complexity index is 139. The standard InChI is InChI=1S/C11H22BrNO/c1-2-3-4-5-6-7-8-9-10-13-11(12)14/h2-10H2,1H3,(H,13,14). The Kier molecular flexibility index (Phi) is 11.0. The molecule has 0 heterocycles. The molecule has 0 aromatic rings. The zero-order valence-corrected chi connectivity index (χ0v) is 10.7. The molecule has 1 N–H and O–H groups in total. The number of carbonyl (C=O) groups excluding carboxylic acids is 1. The summed E-state index contributed by atoms with van der Waals surface area (Å²) in [6.07, 6.45) is 10.4. The third-order valence-electron chi connectivity index (χ3n) is 2.29. The van der Waals surface area contributed by atoms with Crippen LogP contribution in [-0.4, -0.2) is 11.4 Å². The molecule has 0 rings (SSSR count). The minimum atomic E-state index is -0.0968. The first-order valence-corrected chi connectivity index (χ1v) is 6.50. The SMILES string of the molecule is CCCCCCCCCCNC(=O)Br. The maximum atomic E-state index is 10.5. The molecule has 0 saturated carbocycles. The lowest BCUT2D eigenvalue weighted by Gasteiger charge is -2.01.